The van der Waals surface area contributed by atoms with Crippen molar-refractivity contribution in [2.45, 2.75) is 32.1 Å². The van der Waals surface area contributed by atoms with E-state index in [2.05, 4.69) is 5.32 Å². The molecule has 0 heterocycles. The number of sulfonamides is 1. The number of nitrogens with one attached hydrogen (secondary N) is 1. The molecule has 2 aromatic carbocycles. The second kappa shape index (κ2) is 9.71. The number of methoxy groups -OCH3 is 1. The Balaban J connectivity index is 2.01. The maximum absolute atomic E-state index is 12.5. The molecule has 0 aromatic heterocycles. The van der Waals surface area contributed by atoms with Crippen molar-refractivity contribution in [2.24, 2.45) is 0 Å². The van der Waals surface area contributed by atoms with Gasteiger partial charge in [0.05, 0.1) is 12.0 Å². The third-order valence-electron chi connectivity index (χ3n) is 4.58. The molecule has 0 radical (unpaired) electrons. The first-order valence-corrected chi connectivity index (χ1v) is 10.8. The third kappa shape index (κ3) is 5.11. The van der Waals surface area contributed by atoms with Gasteiger partial charge in [0.1, 0.15) is 5.75 Å². The zero-order chi connectivity index (χ0) is 20.7. The van der Waals surface area contributed by atoms with Gasteiger partial charge in [0, 0.05) is 25.2 Å². The average molecular weight is 405 g/mol. The van der Waals surface area contributed by atoms with Crippen LogP contribution in [0.5, 0.6) is 5.75 Å². The molecule has 0 saturated carbocycles. The van der Waals surface area contributed by atoms with Gasteiger partial charge in [-0.1, -0.05) is 31.5 Å². The number of hydrogen-bond donors (Lipinski definition) is 1. The van der Waals surface area contributed by atoms with Crippen LogP contribution in [0.3, 0.4) is 0 Å². The smallest absolute Gasteiger partial charge is 0.251 e. The Morgan fingerprint density at radius 1 is 1.07 bits per heavy atom. The van der Waals surface area contributed by atoms with Gasteiger partial charge in [-0.25, -0.2) is 8.42 Å². The van der Waals surface area contributed by atoms with Crippen molar-refractivity contribution in [3.05, 3.63) is 59.2 Å². The largest absolute Gasteiger partial charge is 0.496 e. The maximum Gasteiger partial charge on any atom is 0.251 e. The van der Waals surface area contributed by atoms with E-state index in [9.17, 15) is 13.2 Å². The summed E-state index contributed by atoms with van der Waals surface area (Å²) in [5.41, 5.74) is 2.59. The lowest BCUT2D eigenvalue weighted by Crippen LogP contribution is -2.30. The summed E-state index contributed by atoms with van der Waals surface area (Å²) in [4.78, 5) is 12.6. The van der Waals surface area contributed by atoms with E-state index in [1.165, 1.54) is 16.4 Å². The first kappa shape index (κ1) is 21.9. The van der Waals surface area contributed by atoms with Crippen LogP contribution >= 0.6 is 0 Å². The first-order valence-electron chi connectivity index (χ1n) is 9.35. The summed E-state index contributed by atoms with van der Waals surface area (Å²) in [5, 5.41) is 2.87. The van der Waals surface area contributed by atoms with Crippen LogP contribution in [0.4, 0.5) is 0 Å². The van der Waals surface area contributed by atoms with E-state index in [-0.39, 0.29) is 10.8 Å². The van der Waals surface area contributed by atoms with E-state index in [1.807, 2.05) is 25.1 Å². The molecule has 0 spiro atoms. The Morgan fingerprint density at radius 2 is 1.71 bits per heavy atom. The van der Waals surface area contributed by atoms with Gasteiger partial charge in [-0.2, -0.15) is 4.31 Å². The lowest BCUT2D eigenvalue weighted by molar-refractivity contribution is 0.0954. The molecule has 2 rings (SSSR count). The van der Waals surface area contributed by atoms with Crippen molar-refractivity contribution in [2.75, 3.05) is 26.7 Å². The maximum atomic E-state index is 12.5. The Morgan fingerprint density at radius 3 is 2.29 bits per heavy atom. The Hall–Kier alpha value is -2.38. The minimum atomic E-state index is -3.52. The standard InChI is InChI=1S/C21H28N2O4S/c1-5-23(6-2)28(25,26)19-10-8-17(9-11-19)21(24)22-14-13-18-15-16(3)7-12-20(18)27-4/h7-12,15H,5-6,13-14H2,1-4H3,(H,22,24). The topological polar surface area (TPSA) is 75.7 Å². The molecule has 6 nitrogen and oxygen atoms in total. The van der Waals surface area contributed by atoms with Gasteiger partial charge < -0.3 is 10.1 Å². The number of nitrogens with zero attached hydrogens (tertiary/aromatic N) is 1. The second-order valence-corrected chi connectivity index (χ2v) is 8.37. The Labute approximate surface area is 167 Å². The molecular weight excluding hydrogens is 376 g/mol. The summed E-state index contributed by atoms with van der Waals surface area (Å²) < 4.78 is 31.7. The summed E-state index contributed by atoms with van der Waals surface area (Å²) in [5.74, 6) is 0.559. The first-order chi connectivity index (χ1) is 13.3. The van der Waals surface area contributed by atoms with E-state index >= 15 is 0 Å². The minimum absolute atomic E-state index is 0.192. The summed E-state index contributed by atoms with van der Waals surface area (Å²) >= 11 is 0. The third-order valence-corrected chi connectivity index (χ3v) is 6.64. The molecule has 152 valence electrons. The molecule has 0 aliphatic rings. The second-order valence-electron chi connectivity index (χ2n) is 6.43. The molecule has 0 atom stereocenters. The predicted molar refractivity (Wildman–Crippen MR) is 110 cm³/mol. The lowest BCUT2D eigenvalue weighted by Gasteiger charge is -2.18. The summed E-state index contributed by atoms with van der Waals surface area (Å²) in [6.07, 6.45) is 0.644. The van der Waals surface area contributed by atoms with E-state index in [0.717, 1.165) is 16.9 Å². The van der Waals surface area contributed by atoms with Crippen molar-refractivity contribution < 1.29 is 17.9 Å². The fourth-order valence-electron chi connectivity index (χ4n) is 3.01. The zero-order valence-corrected chi connectivity index (χ0v) is 17.7. The number of benzene rings is 2. The van der Waals surface area contributed by atoms with Crippen molar-refractivity contribution in [1.29, 1.82) is 0 Å². The van der Waals surface area contributed by atoms with Gasteiger partial charge >= 0.3 is 0 Å². The summed E-state index contributed by atoms with van der Waals surface area (Å²) in [6.45, 7) is 6.87. The molecule has 0 bridgehead atoms. The molecule has 1 N–H and O–H groups in total. The zero-order valence-electron chi connectivity index (χ0n) is 16.9. The monoisotopic (exact) mass is 404 g/mol. The van der Waals surface area contributed by atoms with Crippen LogP contribution in [0.2, 0.25) is 0 Å². The van der Waals surface area contributed by atoms with Gasteiger partial charge in [0.2, 0.25) is 10.0 Å². The molecule has 7 heteroatoms. The van der Waals surface area contributed by atoms with E-state index < -0.39 is 10.0 Å². The van der Waals surface area contributed by atoms with Gasteiger partial charge in [0.15, 0.2) is 0 Å². The molecule has 0 fully saturated rings. The minimum Gasteiger partial charge on any atom is -0.496 e. The highest BCUT2D eigenvalue weighted by molar-refractivity contribution is 7.89. The fourth-order valence-corrected chi connectivity index (χ4v) is 4.46. The molecule has 0 saturated heterocycles. The molecule has 1 amide bonds. The van der Waals surface area contributed by atoms with Gasteiger partial charge in [-0.15, -0.1) is 0 Å². The lowest BCUT2D eigenvalue weighted by atomic mass is 10.1. The highest BCUT2D eigenvalue weighted by atomic mass is 32.2. The van der Waals surface area contributed by atoms with Crippen molar-refractivity contribution in [1.82, 2.24) is 9.62 Å². The number of carbonyl (C=O) groups excluding carboxylic acids is 1. The molecule has 28 heavy (non-hydrogen) atoms. The molecule has 0 aliphatic heterocycles. The van der Waals surface area contributed by atoms with E-state index in [0.29, 0.717) is 31.6 Å². The highest BCUT2D eigenvalue weighted by Gasteiger charge is 2.21. The quantitative estimate of drug-likeness (QED) is 0.697. The van der Waals surface area contributed by atoms with Gasteiger partial charge in [-0.3, -0.25) is 4.79 Å². The van der Waals surface area contributed by atoms with Gasteiger partial charge in [0.25, 0.3) is 5.91 Å². The molecular formula is C21H28N2O4S. The van der Waals surface area contributed by atoms with E-state index in [4.69, 9.17) is 4.74 Å². The van der Waals surface area contributed by atoms with Crippen molar-refractivity contribution >= 4 is 15.9 Å². The van der Waals surface area contributed by atoms with Crippen molar-refractivity contribution in [3.8, 4) is 5.75 Å². The Kier molecular flexibility index (Phi) is 7.60. The van der Waals surface area contributed by atoms with Crippen LogP contribution in [0.1, 0.15) is 35.3 Å². The van der Waals surface area contributed by atoms with Crippen LogP contribution in [-0.2, 0) is 16.4 Å². The average Bonchev–Trinajstić information content (AvgIpc) is 2.69. The normalized spacial score (nSPS) is 11.5. The van der Waals surface area contributed by atoms with Crippen LogP contribution in [-0.4, -0.2) is 45.4 Å². The number of rotatable bonds is 9. The van der Waals surface area contributed by atoms with Crippen LogP contribution in [0.15, 0.2) is 47.4 Å². The number of hydrogen-bond acceptors (Lipinski definition) is 4. The number of amides is 1. The van der Waals surface area contributed by atoms with Crippen LogP contribution in [0, 0.1) is 6.92 Å². The van der Waals surface area contributed by atoms with E-state index in [1.54, 1.807) is 33.1 Å². The Bertz CT molecular complexity index is 905. The molecule has 0 unspecified atom stereocenters. The molecule has 0 aliphatic carbocycles. The van der Waals surface area contributed by atoms with Gasteiger partial charge in [-0.05, 0) is 49.2 Å². The number of aryl methyl sites for hydroxylation is 1. The van der Waals surface area contributed by atoms with Crippen molar-refractivity contribution in [3.63, 3.8) is 0 Å². The highest BCUT2D eigenvalue weighted by Crippen LogP contribution is 2.20. The number of carbonyl (C=O) groups is 1. The van der Waals surface area contributed by atoms with Crippen LogP contribution < -0.4 is 10.1 Å². The predicted octanol–water partition coefficient (Wildman–Crippen LogP) is 3.01. The van der Waals surface area contributed by atoms with Crippen LogP contribution in [0.25, 0.3) is 0 Å². The summed E-state index contributed by atoms with van der Waals surface area (Å²) in [6, 6.07) is 12.0. The number of ether oxygens (including phenoxy) is 1. The fraction of sp³-hybridized carbons (Fsp3) is 0.381. The SMILES string of the molecule is CCN(CC)S(=O)(=O)c1ccc(C(=O)NCCc2cc(C)ccc2OC)cc1. The molecule has 2 aromatic rings. The summed E-state index contributed by atoms with van der Waals surface area (Å²) in [7, 11) is -1.90.